The Bertz CT molecular complexity index is 997. The van der Waals surface area contributed by atoms with Crippen molar-refractivity contribution in [3.63, 3.8) is 0 Å². The minimum absolute atomic E-state index is 0.296. The number of esters is 1. The lowest BCUT2D eigenvalue weighted by Crippen LogP contribution is -2.09. The van der Waals surface area contributed by atoms with Gasteiger partial charge in [0.1, 0.15) is 0 Å². The number of ether oxygens (including phenoxy) is 2. The fraction of sp³-hybridized carbons (Fsp3) is 0.105. The number of carbonyl (C=O) groups excluding carboxylic acids is 1. The molecule has 0 aliphatic carbocycles. The molecule has 27 heavy (non-hydrogen) atoms. The first-order valence-corrected chi connectivity index (χ1v) is 8.35. The molecule has 0 aliphatic rings. The predicted molar refractivity (Wildman–Crippen MR) is 104 cm³/mol. The van der Waals surface area contributed by atoms with Crippen LogP contribution in [-0.4, -0.2) is 29.0 Å². The highest BCUT2D eigenvalue weighted by molar-refractivity contribution is 6.30. The summed E-state index contributed by atoms with van der Waals surface area (Å²) in [6.45, 7) is 1.83. The van der Waals surface area contributed by atoms with Gasteiger partial charge in [0.25, 0.3) is 0 Å². The highest BCUT2D eigenvalue weighted by Crippen LogP contribution is 2.28. The molecule has 7 nitrogen and oxygen atoms in total. The lowest BCUT2D eigenvalue weighted by Gasteiger charge is -2.10. The third-order valence-electron chi connectivity index (χ3n) is 3.64. The standard InChI is InChI=1S/C19H17ClN4O3/c1-12-11-24(19(21)23-12)22-10-13-3-8-16(17(9-13)26-2)27-18(25)14-4-6-15(20)7-5-14/h3-11H,1-2H3,(H2,21,23). The number of halogens is 1. The number of aryl methyl sites for hydroxylation is 1. The van der Waals surface area contributed by atoms with Crippen molar-refractivity contribution >= 4 is 29.7 Å². The van der Waals surface area contributed by atoms with Crippen LogP contribution < -0.4 is 15.2 Å². The van der Waals surface area contributed by atoms with Gasteiger partial charge >= 0.3 is 5.97 Å². The van der Waals surface area contributed by atoms with Gasteiger partial charge in [0.2, 0.25) is 5.95 Å². The third kappa shape index (κ3) is 4.45. The van der Waals surface area contributed by atoms with Gasteiger partial charge in [0, 0.05) is 5.02 Å². The lowest BCUT2D eigenvalue weighted by molar-refractivity contribution is 0.0729. The van der Waals surface area contributed by atoms with Crippen molar-refractivity contribution in [1.82, 2.24) is 9.66 Å². The minimum Gasteiger partial charge on any atom is -0.493 e. The number of nitrogens with zero attached hydrogens (tertiary/aromatic N) is 3. The zero-order valence-corrected chi connectivity index (χ0v) is 15.5. The summed E-state index contributed by atoms with van der Waals surface area (Å²) < 4.78 is 12.2. The summed E-state index contributed by atoms with van der Waals surface area (Å²) in [6.07, 6.45) is 3.32. The number of methoxy groups -OCH3 is 1. The quantitative estimate of drug-likeness (QED) is 0.412. The maximum absolute atomic E-state index is 12.3. The average molecular weight is 385 g/mol. The number of anilines is 1. The smallest absolute Gasteiger partial charge is 0.343 e. The SMILES string of the molecule is COc1cc(C=Nn2cc(C)nc2N)ccc1OC(=O)c1ccc(Cl)cc1. The van der Waals surface area contributed by atoms with Crippen molar-refractivity contribution in [2.24, 2.45) is 5.10 Å². The maximum Gasteiger partial charge on any atom is 0.343 e. The Morgan fingerprint density at radius 1 is 1.22 bits per heavy atom. The number of benzene rings is 2. The Morgan fingerprint density at radius 3 is 2.59 bits per heavy atom. The van der Waals surface area contributed by atoms with E-state index in [1.807, 2.05) is 6.92 Å². The van der Waals surface area contributed by atoms with Gasteiger partial charge in [-0.25, -0.2) is 14.5 Å². The number of imidazole rings is 1. The molecular formula is C19H17ClN4O3. The van der Waals surface area contributed by atoms with Crippen molar-refractivity contribution in [3.05, 3.63) is 70.5 Å². The number of hydrogen-bond donors (Lipinski definition) is 1. The second-order valence-corrected chi connectivity index (χ2v) is 6.07. The van der Waals surface area contributed by atoms with E-state index in [2.05, 4.69) is 10.1 Å². The van der Waals surface area contributed by atoms with Gasteiger partial charge in [-0.3, -0.25) is 0 Å². The van der Waals surface area contributed by atoms with Crippen LogP contribution in [0, 0.1) is 6.92 Å². The van der Waals surface area contributed by atoms with Crippen LogP contribution in [0.4, 0.5) is 5.95 Å². The molecule has 0 saturated carbocycles. The number of rotatable bonds is 5. The number of nitrogen functional groups attached to an aromatic ring is 1. The maximum atomic E-state index is 12.3. The van der Waals surface area contributed by atoms with Crippen LogP contribution in [0.2, 0.25) is 5.02 Å². The molecular weight excluding hydrogens is 368 g/mol. The van der Waals surface area contributed by atoms with E-state index in [-0.39, 0.29) is 0 Å². The van der Waals surface area contributed by atoms with Crippen LogP contribution in [0.5, 0.6) is 11.5 Å². The van der Waals surface area contributed by atoms with Crippen LogP contribution in [0.15, 0.2) is 53.8 Å². The lowest BCUT2D eigenvalue weighted by atomic mass is 10.2. The highest BCUT2D eigenvalue weighted by atomic mass is 35.5. The Morgan fingerprint density at radius 2 is 1.96 bits per heavy atom. The fourth-order valence-electron chi connectivity index (χ4n) is 2.32. The molecule has 2 aromatic carbocycles. The Labute approximate surface area is 161 Å². The second-order valence-electron chi connectivity index (χ2n) is 5.64. The molecule has 138 valence electrons. The molecule has 0 spiro atoms. The molecule has 0 bridgehead atoms. The molecule has 0 fully saturated rings. The van der Waals surface area contributed by atoms with Crippen molar-refractivity contribution in [1.29, 1.82) is 0 Å². The van der Waals surface area contributed by atoms with E-state index >= 15 is 0 Å². The molecule has 8 heteroatoms. The number of nitrogens with two attached hydrogens (primary N) is 1. The van der Waals surface area contributed by atoms with Gasteiger partial charge < -0.3 is 15.2 Å². The molecule has 2 N–H and O–H groups in total. The second kappa shape index (κ2) is 7.92. The summed E-state index contributed by atoms with van der Waals surface area (Å²) in [6, 6.07) is 11.5. The third-order valence-corrected chi connectivity index (χ3v) is 3.89. The molecule has 0 aliphatic heterocycles. The van der Waals surface area contributed by atoms with E-state index in [0.717, 1.165) is 11.3 Å². The first kappa shape index (κ1) is 18.5. The largest absolute Gasteiger partial charge is 0.493 e. The Hall–Kier alpha value is -3.32. The summed E-state index contributed by atoms with van der Waals surface area (Å²) in [5.74, 6) is 0.487. The molecule has 0 unspecified atom stereocenters. The molecule has 0 amide bonds. The van der Waals surface area contributed by atoms with Gasteiger partial charge in [0.05, 0.1) is 30.8 Å². The summed E-state index contributed by atoms with van der Waals surface area (Å²) in [5, 5.41) is 4.79. The van der Waals surface area contributed by atoms with Crippen LogP contribution in [0.3, 0.4) is 0 Å². The van der Waals surface area contributed by atoms with Crippen molar-refractivity contribution in [2.45, 2.75) is 6.92 Å². The van der Waals surface area contributed by atoms with Crippen molar-refractivity contribution in [2.75, 3.05) is 12.8 Å². The molecule has 0 saturated heterocycles. The Kier molecular flexibility index (Phi) is 5.42. The fourth-order valence-corrected chi connectivity index (χ4v) is 2.44. The number of aromatic nitrogens is 2. The summed E-state index contributed by atoms with van der Waals surface area (Å²) in [4.78, 5) is 16.3. The number of hydrogen-bond acceptors (Lipinski definition) is 6. The van der Waals surface area contributed by atoms with Gasteiger partial charge in [-0.05, 0) is 55.0 Å². The van der Waals surface area contributed by atoms with E-state index in [0.29, 0.717) is 28.0 Å². The van der Waals surface area contributed by atoms with E-state index in [1.165, 1.54) is 11.8 Å². The van der Waals surface area contributed by atoms with Crippen LogP contribution in [0.1, 0.15) is 21.6 Å². The summed E-state index contributed by atoms with van der Waals surface area (Å²) in [7, 11) is 1.49. The van der Waals surface area contributed by atoms with E-state index < -0.39 is 5.97 Å². The Balaban J connectivity index is 1.78. The first-order chi connectivity index (χ1) is 13.0. The molecule has 0 atom stereocenters. The van der Waals surface area contributed by atoms with Crippen LogP contribution in [-0.2, 0) is 0 Å². The van der Waals surface area contributed by atoms with Crippen LogP contribution in [0.25, 0.3) is 0 Å². The molecule has 3 rings (SSSR count). The van der Waals surface area contributed by atoms with Crippen LogP contribution >= 0.6 is 11.6 Å². The summed E-state index contributed by atoms with van der Waals surface area (Å²) in [5.41, 5.74) is 7.65. The predicted octanol–water partition coefficient (Wildman–Crippen LogP) is 3.54. The minimum atomic E-state index is -0.506. The molecule has 1 aromatic heterocycles. The van der Waals surface area contributed by atoms with E-state index in [4.69, 9.17) is 26.8 Å². The zero-order chi connectivity index (χ0) is 19.4. The number of carbonyl (C=O) groups is 1. The van der Waals surface area contributed by atoms with Gasteiger partial charge in [-0.15, -0.1) is 0 Å². The average Bonchev–Trinajstić information content (AvgIpc) is 2.98. The molecule has 1 heterocycles. The van der Waals surface area contributed by atoms with E-state index in [1.54, 1.807) is 54.9 Å². The van der Waals surface area contributed by atoms with Gasteiger partial charge in [0.15, 0.2) is 11.5 Å². The van der Waals surface area contributed by atoms with E-state index in [9.17, 15) is 4.79 Å². The van der Waals surface area contributed by atoms with Gasteiger partial charge in [-0.1, -0.05) is 11.6 Å². The van der Waals surface area contributed by atoms with Gasteiger partial charge in [-0.2, -0.15) is 5.10 Å². The summed E-state index contributed by atoms with van der Waals surface area (Å²) >= 11 is 5.83. The zero-order valence-electron chi connectivity index (χ0n) is 14.7. The highest BCUT2D eigenvalue weighted by Gasteiger charge is 2.13. The normalized spacial score (nSPS) is 10.9. The van der Waals surface area contributed by atoms with Crippen molar-refractivity contribution < 1.29 is 14.3 Å². The van der Waals surface area contributed by atoms with Crippen molar-refractivity contribution in [3.8, 4) is 11.5 Å². The first-order valence-electron chi connectivity index (χ1n) is 7.98. The molecule has 0 radical (unpaired) electrons. The monoisotopic (exact) mass is 384 g/mol. The topological polar surface area (TPSA) is 91.7 Å². The molecule has 3 aromatic rings.